The summed E-state index contributed by atoms with van der Waals surface area (Å²) in [6.07, 6.45) is -0.0664. The molecule has 1 aromatic rings. The zero-order valence-corrected chi connectivity index (χ0v) is 11.1. The van der Waals surface area contributed by atoms with Crippen molar-refractivity contribution in [3.05, 3.63) is 35.6 Å². The van der Waals surface area contributed by atoms with Crippen molar-refractivity contribution in [3.8, 4) is 0 Å². The van der Waals surface area contributed by atoms with Crippen LogP contribution in [-0.4, -0.2) is 49.6 Å². The summed E-state index contributed by atoms with van der Waals surface area (Å²) in [5, 5.41) is 2.52. The number of nitrogens with one attached hydrogen (secondary N) is 1. The van der Waals surface area contributed by atoms with Crippen LogP contribution in [-0.2, 0) is 20.7 Å². The van der Waals surface area contributed by atoms with Crippen LogP contribution in [0.5, 0.6) is 0 Å². The predicted molar refractivity (Wildman–Crippen MR) is 70.5 cm³/mol. The number of amides is 2. The van der Waals surface area contributed by atoms with Gasteiger partial charge >= 0.3 is 0 Å². The van der Waals surface area contributed by atoms with Gasteiger partial charge in [-0.2, -0.15) is 0 Å². The first-order valence-electron chi connectivity index (χ1n) is 6.52. The van der Waals surface area contributed by atoms with E-state index < -0.39 is 5.82 Å². The number of halogens is 1. The molecule has 0 unspecified atom stereocenters. The number of ether oxygens (including phenoxy) is 1. The van der Waals surface area contributed by atoms with Crippen LogP contribution >= 0.6 is 0 Å². The lowest BCUT2D eigenvalue weighted by molar-refractivity contribution is -0.136. The Morgan fingerprint density at radius 2 is 1.95 bits per heavy atom. The van der Waals surface area contributed by atoms with E-state index in [1.807, 2.05) is 0 Å². The molecule has 20 heavy (non-hydrogen) atoms. The standard InChI is InChI=1S/C14H17FN2O3/c15-12-4-2-1-3-11(12)9-13(18)16-10-14(19)17-5-7-20-8-6-17/h1-4H,5-10H2,(H,16,18). The summed E-state index contributed by atoms with van der Waals surface area (Å²) in [5.74, 6) is -0.922. The van der Waals surface area contributed by atoms with Crippen LogP contribution in [0.4, 0.5) is 4.39 Å². The van der Waals surface area contributed by atoms with Crippen LogP contribution in [0.2, 0.25) is 0 Å². The zero-order valence-electron chi connectivity index (χ0n) is 11.1. The Morgan fingerprint density at radius 1 is 1.25 bits per heavy atom. The largest absolute Gasteiger partial charge is 0.378 e. The SMILES string of the molecule is O=C(Cc1ccccc1F)NCC(=O)N1CCOCC1. The van der Waals surface area contributed by atoms with E-state index >= 15 is 0 Å². The van der Waals surface area contributed by atoms with E-state index in [2.05, 4.69) is 5.32 Å². The minimum absolute atomic E-state index is 0.0622. The van der Waals surface area contributed by atoms with Crippen molar-refractivity contribution in [3.63, 3.8) is 0 Å². The van der Waals surface area contributed by atoms with Gasteiger partial charge in [-0.05, 0) is 11.6 Å². The molecule has 1 N–H and O–H groups in total. The molecule has 0 atom stereocenters. The van der Waals surface area contributed by atoms with E-state index in [4.69, 9.17) is 4.74 Å². The monoisotopic (exact) mass is 280 g/mol. The predicted octanol–water partition coefficient (Wildman–Crippen LogP) is 0.343. The van der Waals surface area contributed by atoms with Gasteiger partial charge in [-0.25, -0.2) is 4.39 Å². The minimum Gasteiger partial charge on any atom is -0.378 e. The zero-order chi connectivity index (χ0) is 14.4. The third-order valence-electron chi connectivity index (χ3n) is 3.11. The van der Waals surface area contributed by atoms with Crippen molar-refractivity contribution >= 4 is 11.8 Å². The summed E-state index contributed by atoms with van der Waals surface area (Å²) in [6, 6.07) is 6.10. The molecule has 0 saturated carbocycles. The average Bonchev–Trinajstić information content (AvgIpc) is 2.48. The van der Waals surface area contributed by atoms with E-state index in [9.17, 15) is 14.0 Å². The van der Waals surface area contributed by atoms with E-state index in [-0.39, 0.29) is 24.8 Å². The van der Waals surface area contributed by atoms with Gasteiger partial charge in [0.15, 0.2) is 0 Å². The van der Waals surface area contributed by atoms with Gasteiger partial charge < -0.3 is 15.0 Å². The number of carbonyl (C=O) groups excluding carboxylic acids is 2. The number of benzene rings is 1. The highest BCUT2D eigenvalue weighted by molar-refractivity contribution is 5.85. The van der Waals surface area contributed by atoms with Crippen LogP contribution in [0.3, 0.4) is 0 Å². The summed E-state index contributed by atoms with van der Waals surface area (Å²) in [4.78, 5) is 25.1. The minimum atomic E-state index is -0.415. The number of carbonyl (C=O) groups is 2. The fraction of sp³-hybridized carbons (Fsp3) is 0.429. The van der Waals surface area contributed by atoms with Crippen molar-refractivity contribution < 1.29 is 18.7 Å². The molecule has 5 nitrogen and oxygen atoms in total. The molecule has 0 radical (unpaired) electrons. The second-order valence-electron chi connectivity index (χ2n) is 4.54. The van der Waals surface area contributed by atoms with Crippen LogP contribution in [0.1, 0.15) is 5.56 Å². The molecule has 2 rings (SSSR count). The van der Waals surface area contributed by atoms with Crippen LogP contribution in [0.25, 0.3) is 0 Å². The maximum absolute atomic E-state index is 13.4. The second kappa shape index (κ2) is 7.00. The van der Waals surface area contributed by atoms with E-state index in [1.54, 1.807) is 23.1 Å². The first kappa shape index (κ1) is 14.5. The van der Waals surface area contributed by atoms with Gasteiger partial charge in [0.2, 0.25) is 11.8 Å². The number of nitrogens with zero attached hydrogens (tertiary/aromatic N) is 1. The molecule has 0 aliphatic carbocycles. The average molecular weight is 280 g/mol. The highest BCUT2D eigenvalue weighted by atomic mass is 19.1. The van der Waals surface area contributed by atoms with Gasteiger partial charge in [-0.1, -0.05) is 18.2 Å². The third kappa shape index (κ3) is 4.03. The van der Waals surface area contributed by atoms with E-state index in [0.29, 0.717) is 31.9 Å². The first-order chi connectivity index (χ1) is 9.66. The number of hydrogen-bond acceptors (Lipinski definition) is 3. The highest BCUT2D eigenvalue weighted by Crippen LogP contribution is 2.06. The van der Waals surface area contributed by atoms with Crippen molar-refractivity contribution in [2.24, 2.45) is 0 Å². The van der Waals surface area contributed by atoms with Crippen molar-refractivity contribution in [2.45, 2.75) is 6.42 Å². The van der Waals surface area contributed by atoms with Gasteiger partial charge in [-0.15, -0.1) is 0 Å². The van der Waals surface area contributed by atoms with Gasteiger partial charge in [0.1, 0.15) is 5.82 Å². The third-order valence-corrected chi connectivity index (χ3v) is 3.11. The Bertz CT molecular complexity index is 487. The van der Waals surface area contributed by atoms with Crippen LogP contribution in [0.15, 0.2) is 24.3 Å². The van der Waals surface area contributed by atoms with Crippen molar-refractivity contribution in [1.29, 1.82) is 0 Å². The van der Waals surface area contributed by atoms with Crippen molar-refractivity contribution in [2.75, 3.05) is 32.8 Å². The highest BCUT2D eigenvalue weighted by Gasteiger charge is 2.17. The maximum Gasteiger partial charge on any atom is 0.242 e. The molecule has 108 valence electrons. The number of hydrogen-bond donors (Lipinski definition) is 1. The fourth-order valence-corrected chi connectivity index (χ4v) is 1.98. The molecular formula is C14H17FN2O3. The molecule has 1 heterocycles. The van der Waals surface area contributed by atoms with Gasteiger partial charge in [0.05, 0.1) is 26.2 Å². The first-order valence-corrected chi connectivity index (χ1v) is 6.52. The number of rotatable bonds is 4. The molecule has 1 fully saturated rings. The van der Waals surface area contributed by atoms with Crippen molar-refractivity contribution in [1.82, 2.24) is 10.2 Å². The number of morpholine rings is 1. The summed E-state index contributed by atoms with van der Waals surface area (Å²) < 4.78 is 18.5. The summed E-state index contributed by atoms with van der Waals surface area (Å²) in [5.41, 5.74) is 0.323. The Balaban J connectivity index is 1.77. The smallest absolute Gasteiger partial charge is 0.242 e. The summed E-state index contributed by atoms with van der Waals surface area (Å²) >= 11 is 0. The molecule has 1 aliphatic rings. The lowest BCUT2D eigenvalue weighted by Crippen LogP contribution is -2.45. The molecule has 1 aromatic carbocycles. The van der Waals surface area contributed by atoms with Gasteiger partial charge in [-0.3, -0.25) is 9.59 Å². The topological polar surface area (TPSA) is 58.6 Å². The quantitative estimate of drug-likeness (QED) is 0.865. The molecule has 1 aliphatic heterocycles. The lowest BCUT2D eigenvalue weighted by atomic mass is 10.1. The van der Waals surface area contributed by atoms with Crippen LogP contribution < -0.4 is 5.32 Å². The fourth-order valence-electron chi connectivity index (χ4n) is 1.98. The van der Waals surface area contributed by atoms with E-state index in [1.165, 1.54) is 6.07 Å². The molecule has 6 heteroatoms. The summed E-state index contributed by atoms with van der Waals surface area (Å²) in [7, 11) is 0. The lowest BCUT2D eigenvalue weighted by Gasteiger charge is -2.26. The molecule has 2 amide bonds. The van der Waals surface area contributed by atoms with Crippen LogP contribution in [0, 0.1) is 5.82 Å². The second-order valence-corrected chi connectivity index (χ2v) is 4.54. The Labute approximate surface area is 116 Å². The van der Waals surface area contributed by atoms with E-state index in [0.717, 1.165) is 0 Å². The Kier molecular flexibility index (Phi) is 5.06. The normalized spacial score (nSPS) is 14.9. The molecule has 0 aromatic heterocycles. The Morgan fingerprint density at radius 3 is 2.65 bits per heavy atom. The molecular weight excluding hydrogens is 263 g/mol. The molecule has 0 bridgehead atoms. The molecule has 0 spiro atoms. The maximum atomic E-state index is 13.4. The van der Waals surface area contributed by atoms with Gasteiger partial charge in [0, 0.05) is 13.1 Å². The summed E-state index contributed by atoms with van der Waals surface area (Å²) in [6.45, 7) is 2.07. The van der Waals surface area contributed by atoms with Gasteiger partial charge in [0.25, 0.3) is 0 Å². The Hall–Kier alpha value is -1.95. The molecule has 1 saturated heterocycles.